The van der Waals surface area contributed by atoms with Crippen LogP contribution in [0, 0.1) is 5.92 Å². The van der Waals surface area contributed by atoms with Crippen molar-refractivity contribution in [2.24, 2.45) is 11.7 Å². The maximum atomic E-state index is 11.6. The molecule has 0 saturated heterocycles. The molecule has 1 heterocycles. The third-order valence-corrected chi connectivity index (χ3v) is 2.44. The highest BCUT2D eigenvalue weighted by Gasteiger charge is 2.15. The Balaban J connectivity index is 2.08. The summed E-state index contributed by atoms with van der Waals surface area (Å²) in [5, 5.41) is 2.77. The van der Waals surface area contributed by atoms with Gasteiger partial charge in [-0.15, -0.1) is 0 Å². The number of fused-ring (bicyclic) bond motifs is 1. The molecule has 0 fully saturated rings. The monoisotopic (exact) mass is 222 g/mol. The quantitative estimate of drug-likeness (QED) is 0.798. The Bertz CT molecular complexity index is 406. The smallest absolute Gasteiger partial charge is 0.231 e. The largest absolute Gasteiger partial charge is 0.454 e. The number of nitrogens with one attached hydrogen (secondary N) is 1. The Hall–Kier alpha value is -1.75. The fourth-order valence-electron chi connectivity index (χ4n) is 1.35. The Morgan fingerprint density at radius 2 is 2.25 bits per heavy atom. The number of benzene rings is 1. The topological polar surface area (TPSA) is 73.6 Å². The van der Waals surface area contributed by atoms with Crippen LogP contribution in [-0.2, 0) is 4.79 Å². The zero-order valence-electron chi connectivity index (χ0n) is 9.03. The Morgan fingerprint density at radius 1 is 1.50 bits per heavy atom. The number of nitrogens with two attached hydrogens (primary N) is 1. The first kappa shape index (κ1) is 10.8. The van der Waals surface area contributed by atoms with Crippen molar-refractivity contribution in [3.63, 3.8) is 0 Å². The van der Waals surface area contributed by atoms with Gasteiger partial charge in [0.15, 0.2) is 11.5 Å². The van der Waals surface area contributed by atoms with Crippen molar-refractivity contribution < 1.29 is 14.3 Å². The summed E-state index contributed by atoms with van der Waals surface area (Å²) in [4.78, 5) is 11.6. The third kappa shape index (κ3) is 2.09. The number of amides is 1. The molecular formula is C11H14N2O3. The van der Waals surface area contributed by atoms with E-state index in [0.717, 1.165) is 0 Å². The summed E-state index contributed by atoms with van der Waals surface area (Å²) >= 11 is 0. The third-order valence-electron chi connectivity index (χ3n) is 2.44. The van der Waals surface area contributed by atoms with Crippen molar-refractivity contribution >= 4 is 11.6 Å². The molecule has 0 aromatic heterocycles. The molecule has 0 spiro atoms. The molecule has 16 heavy (non-hydrogen) atoms. The van der Waals surface area contributed by atoms with Gasteiger partial charge in [-0.1, -0.05) is 6.92 Å². The summed E-state index contributed by atoms with van der Waals surface area (Å²) in [6, 6.07) is 5.28. The van der Waals surface area contributed by atoms with E-state index in [1.54, 1.807) is 25.1 Å². The first-order valence-electron chi connectivity index (χ1n) is 5.11. The van der Waals surface area contributed by atoms with Crippen LogP contribution in [0.25, 0.3) is 0 Å². The van der Waals surface area contributed by atoms with Gasteiger partial charge in [-0.05, 0) is 12.1 Å². The van der Waals surface area contributed by atoms with Gasteiger partial charge in [-0.2, -0.15) is 0 Å². The van der Waals surface area contributed by atoms with Crippen molar-refractivity contribution in [1.82, 2.24) is 0 Å². The molecule has 1 aromatic rings. The SMILES string of the molecule is CC(CN)C(=O)Nc1ccc2c(c1)OCO2. The van der Waals surface area contributed by atoms with Crippen LogP contribution in [0.4, 0.5) is 5.69 Å². The molecule has 86 valence electrons. The maximum Gasteiger partial charge on any atom is 0.231 e. The second kappa shape index (κ2) is 4.40. The van der Waals surface area contributed by atoms with Crippen molar-refractivity contribution in [3.05, 3.63) is 18.2 Å². The molecule has 5 heteroatoms. The molecule has 5 nitrogen and oxygen atoms in total. The number of hydrogen-bond donors (Lipinski definition) is 2. The molecular weight excluding hydrogens is 208 g/mol. The molecule has 1 aliphatic heterocycles. The molecule has 0 aliphatic carbocycles. The summed E-state index contributed by atoms with van der Waals surface area (Å²) in [5.41, 5.74) is 6.10. The van der Waals surface area contributed by atoms with Crippen LogP contribution >= 0.6 is 0 Å². The van der Waals surface area contributed by atoms with Crippen LogP contribution in [0.15, 0.2) is 18.2 Å². The van der Waals surface area contributed by atoms with Gasteiger partial charge in [-0.3, -0.25) is 4.79 Å². The average Bonchev–Trinajstić information content (AvgIpc) is 2.75. The minimum absolute atomic E-state index is 0.0960. The Labute approximate surface area is 93.5 Å². The van der Waals surface area contributed by atoms with Crippen LogP contribution in [-0.4, -0.2) is 19.2 Å². The van der Waals surface area contributed by atoms with Crippen LogP contribution in [0.3, 0.4) is 0 Å². The lowest BCUT2D eigenvalue weighted by Gasteiger charge is -2.10. The molecule has 0 bridgehead atoms. The van der Waals surface area contributed by atoms with E-state index in [1.807, 2.05) is 0 Å². The molecule has 3 N–H and O–H groups in total. The van der Waals surface area contributed by atoms with Crippen LogP contribution in [0.1, 0.15) is 6.92 Å². The van der Waals surface area contributed by atoms with Crippen LogP contribution < -0.4 is 20.5 Å². The van der Waals surface area contributed by atoms with E-state index in [1.165, 1.54) is 0 Å². The lowest BCUT2D eigenvalue weighted by Crippen LogP contribution is -2.26. The fourth-order valence-corrected chi connectivity index (χ4v) is 1.35. The van der Waals surface area contributed by atoms with E-state index < -0.39 is 0 Å². The van der Waals surface area contributed by atoms with E-state index in [4.69, 9.17) is 15.2 Å². The van der Waals surface area contributed by atoms with Gasteiger partial charge in [0.1, 0.15) is 0 Å². The van der Waals surface area contributed by atoms with E-state index in [9.17, 15) is 4.79 Å². The maximum absolute atomic E-state index is 11.6. The fraction of sp³-hybridized carbons (Fsp3) is 0.364. The molecule has 1 aromatic carbocycles. The summed E-state index contributed by atoms with van der Waals surface area (Å²) in [7, 11) is 0. The summed E-state index contributed by atoms with van der Waals surface area (Å²) < 4.78 is 10.4. The highest BCUT2D eigenvalue weighted by molar-refractivity contribution is 5.92. The number of carbonyl (C=O) groups is 1. The zero-order valence-corrected chi connectivity index (χ0v) is 9.03. The predicted molar refractivity (Wildman–Crippen MR) is 59.4 cm³/mol. The van der Waals surface area contributed by atoms with Gasteiger partial charge in [0.05, 0.1) is 0 Å². The molecule has 1 amide bonds. The van der Waals surface area contributed by atoms with E-state index in [0.29, 0.717) is 23.7 Å². The van der Waals surface area contributed by atoms with Gasteiger partial charge in [0.2, 0.25) is 12.7 Å². The minimum atomic E-state index is -0.203. The molecule has 0 saturated carbocycles. The number of ether oxygens (including phenoxy) is 2. The van der Waals surface area contributed by atoms with E-state index in [-0.39, 0.29) is 18.6 Å². The van der Waals surface area contributed by atoms with Crippen molar-refractivity contribution in [1.29, 1.82) is 0 Å². The van der Waals surface area contributed by atoms with Crippen molar-refractivity contribution in [2.75, 3.05) is 18.7 Å². The van der Waals surface area contributed by atoms with Gasteiger partial charge in [-0.25, -0.2) is 0 Å². The molecule has 1 atom stereocenters. The number of carbonyl (C=O) groups excluding carboxylic acids is 1. The predicted octanol–water partition coefficient (Wildman–Crippen LogP) is 0.949. The van der Waals surface area contributed by atoms with Crippen molar-refractivity contribution in [3.8, 4) is 11.5 Å². The minimum Gasteiger partial charge on any atom is -0.454 e. The molecule has 0 radical (unpaired) electrons. The number of rotatable bonds is 3. The average molecular weight is 222 g/mol. The summed E-state index contributed by atoms with van der Waals surface area (Å²) in [6.45, 7) is 2.34. The zero-order chi connectivity index (χ0) is 11.5. The van der Waals surface area contributed by atoms with Crippen LogP contribution in [0.2, 0.25) is 0 Å². The standard InChI is InChI=1S/C11H14N2O3/c1-7(5-12)11(14)13-8-2-3-9-10(4-8)16-6-15-9/h2-4,7H,5-6,12H2,1H3,(H,13,14). The van der Waals surface area contributed by atoms with Gasteiger partial charge in [0.25, 0.3) is 0 Å². The normalized spacial score (nSPS) is 14.6. The second-order valence-corrected chi connectivity index (χ2v) is 3.69. The molecule has 1 aliphatic rings. The number of hydrogen-bond acceptors (Lipinski definition) is 4. The summed E-state index contributed by atoms with van der Waals surface area (Å²) in [6.07, 6.45) is 0. The first-order chi connectivity index (χ1) is 7.70. The van der Waals surface area contributed by atoms with Gasteiger partial charge >= 0.3 is 0 Å². The van der Waals surface area contributed by atoms with Gasteiger partial charge in [0, 0.05) is 24.2 Å². The highest BCUT2D eigenvalue weighted by atomic mass is 16.7. The molecule has 2 rings (SSSR count). The van der Waals surface area contributed by atoms with Crippen molar-refractivity contribution in [2.45, 2.75) is 6.92 Å². The Kier molecular flexibility index (Phi) is 2.96. The first-order valence-corrected chi connectivity index (χ1v) is 5.11. The van der Waals surface area contributed by atoms with E-state index >= 15 is 0 Å². The van der Waals surface area contributed by atoms with Gasteiger partial charge < -0.3 is 20.5 Å². The highest BCUT2D eigenvalue weighted by Crippen LogP contribution is 2.34. The Morgan fingerprint density at radius 3 is 3.00 bits per heavy atom. The second-order valence-electron chi connectivity index (χ2n) is 3.69. The van der Waals surface area contributed by atoms with Crippen LogP contribution in [0.5, 0.6) is 11.5 Å². The number of anilines is 1. The van der Waals surface area contributed by atoms with E-state index in [2.05, 4.69) is 5.32 Å². The lowest BCUT2D eigenvalue weighted by molar-refractivity contribution is -0.119. The summed E-state index contributed by atoms with van der Waals surface area (Å²) in [5.74, 6) is 1.05. The molecule has 1 unspecified atom stereocenters. The lowest BCUT2D eigenvalue weighted by atomic mass is 10.1.